The molecule has 2 unspecified atom stereocenters. The highest BCUT2D eigenvalue weighted by atomic mass is 19.4. The number of carbonyl (C=O) groups is 3. The number of rotatable bonds is 5. The van der Waals surface area contributed by atoms with E-state index in [9.17, 15) is 39.5 Å². The molecule has 0 radical (unpaired) electrons. The summed E-state index contributed by atoms with van der Waals surface area (Å²) in [5, 5.41) is 21.4. The third-order valence-corrected chi connectivity index (χ3v) is 6.23. The number of nitrogens with zero attached hydrogens (tertiary/aromatic N) is 4. The van der Waals surface area contributed by atoms with E-state index in [4.69, 9.17) is 34.4 Å². The first-order valence-electron chi connectivity index (χ1n) is 12.8. The average molecular weight is 681 g/mol. The Bertz CT molecular complexity index is 1190. The topological polar surface area (TPSA) is 153 Å². The zero-order valence-corrected chi connectivity index (χ0v) is 23.8. The summed E-state index contributed by atoms with van der Waals surface area (Å²) in [4.78, 5) is 40.1. The van der Waals surface area contributed by atoms with Crippen LogP contribution >= 0.6 is 0 Å². The largest absolute Gasteiger partial charge is 0.490 e. The quantitative estimate of drug-likeness (QED) is 0.389. The van der Waals surface area contributed by atoms with Crippen LogP contribution in [-0.4, -0.2) is 110 Å². The van der Waals surface area contributed by atoms with Gasteiger partial charge in [-0.2, -0.15) is 39.5 Å². The van der Waals surface area contributed by atoms with E-state index in [-0.39, 0.29) is 5.60 Å². The van der Waals surface area contributed by atoms with Crippen LogP contribution in [0, 0.1) is 0 Å². The number of carboxylic acid groups (broad SMARTS) is 3. The van der Waals surface area contributed by atoms with Gasteiger partial charge in [-0.05, 0) is 49.7 Å². The van der Waals surface area contributed by atoms with Gasteiger partial charge >= 0.3 is 36.4 Å². The average Bonchev–Trinajstić information content (AvgIpc) is 3.55. The minimum Gasteiger partial charge on any atom is -0.475 e. The molecule has 0 bridgehead atoms. The van der Waals surface area contributed by atoms with E-state index in [0.717, 1.165) is 51.3 Å². The molecule has 46 heavy (non-hydrogen) atoms. The van der Waals surface area contributed by atoms with Crippen molar-refractivity contribution < 1.29 is 74.0 Å². The van der Waals surface area contributed by atoms with Crippen molar-refractivity contribution in [2.24, 2.45) is 0 Å². The highest BCUT2D eigenvalue weighted by molar-refractivity contribution is 5.73. The number of pyridine rings is 2. The molecular weight excluding hydrogens is 651 g/mol. The number of alkyl halides is 9. The third-order valence-electron chi connectivity index (χ3n) is 6.23. The van der Waals surface area contributed by atoms with Gasteiger partial charge in [0.15, 0.2) is 0 Å². The van der Waals surface area contributed by atoms with Gasteiger partial charge in [0.2, 0.25) is 0 Å². The molecule has 2 fully saturated rings. The van der Waals surface area contributed by atoms with Crippen LogP contribution in [0.2, 0.25) is 0 Å². The van der Waals surface area contributed by atoms with Crippen LogP contribution < -0.4 is 0 Å². The SMILES string of the molecule is CN(Cc1ccccn1)C1COC2(CCN(Cc3ccncc3)C2)C1.O=C(O)C(F)(F)F.O=C(O)C(F)(F)F.O=C(O)C(F)(F)F. The Morgan fingerprint density at radius 1 is 0.891 bits per heavy atom. The van der Waals surface area contributed by atoms with Crippen molar-refractivity contribution in [2.75, 3.05) is 26.7 Å². The van der Waals surface area contributed by atoms with Crippen molar-refractivity contribution in [1.82, 2.24) is 19.8 Å². The second-order valence-electron chi connectivity index (χ2n) is 9.81. The molecule has 11 nitrogen and oxygen atoms in total. The van der Waals surface area contributed by atoms with E-state index in [2.05, 4.69) is 51.1 Å². The fraction of sp³-hybridized carbons (Fsp3) is 0.500. The first-order chi connectivity index (χ1) is 21.1. The molecule has 2 saturated heterocycles. The van der Waals surface area contributed by atoms with Crippen molar-refractivity contribution in [3.8, 4) is 0 Å². The van der Waals surface area contributed by atoms with Crippen LogP contribution in [0.3, 0.4) is 0 Å². The minimum absolute atomic E-state index is 0.0378. The highest BCUT2D eigenvalue weighted by Crippen LogP contribution is 2.37. The molecule has 2 aliphatic rings. The molecule has 20 heteroatoms. The molecule has 0 aliphatic carbocycles. The number of likely N-dealkylation sites (N-methyl/N-ethyl adjacent to an activating group) is 1. The normalized spacial score (nSPS) is 19.7. The van der Waals surface area contributed by atoms with Crippen molar-refractivity contribution in [3.05, 3.63) is 60.2 Å². The maximum absolute atomic E-state index is 10.6. The van der Waals surface area contributed by atoms with Gasteiger partial charge in [-0.25, -0.2) is 14.4 Å². The van der Waals surface area contributed by atoms with Gasteiger partial charge in [-0.1, -0.05) is 6.07 Å². The van der Waals surface area contributed by atoms with Crippen LogP contribution in [0.25, 0.3) is 0 Å². The Hall–Kier alpha value is -4.04. The molecule has 3 N–H and O–H groups in total. The number of hydrogen-bond donors (Lipinski definition) is 3. The molecule has 2 aromatic heterocycles. The summed E-state index contributed by atoms with van der Waals surface area (Å²) in [6.45, 7) is 4.84. The van der Waals surface area contributed by atoms with Gasteiger partial charge in [0.1, 0.15) is 0 Å². The molecule has 2 aromatic rings. The van der Waals surface area contributed by atoms with Gasteiger partial charge < -0.3 is 20.1 Å². The summed E-state index contributed by atoms with van der Waals surface area (Å²) in [5.41, 5.74) is 2.49. The molecule has 0 saturated carbocycles. The van der Waals surface area contributed by atoms with Crippen LogP contribution in [0.4, 0.5) is 39.5 Å². The lowest BCUT2D eigenvalue weighted by molar-refractivity contribution is -0.193. The van der Waals surface area contributed by atoms with Crippen LogP contribution in [0.15, 0.2) is 48.9 Å². The predicted molar refractivity (Wildman–Crippen MR) is 138 cm³/mol. The van der Waals surface area contributed by atoms with Crippen LogP contribution in [-0.2, 0) is 32.2 Å². The number of halogens is 9. The number of likely N-dealkylation sites (tertiary alicyclic amines) is 1. The van der Waals surface area contributed by atoms with Crippen molar-refractivity contribution in [2.45, 2.75) is 56.1 Å². The Balaban J connectivity index is 0.000000413. The Morgan fingerprint density at radius 3 is 1.83 bits per heavy atom. The maximum Gasteiger partial charge on any atom is 0.490 e. The Labute approximate surface area is 255 Å². The Kier molecular flexibility index (Phi) is 14.8. The summed E-state index contributed by atoms with van der Waals surface area (Å²) >= 11 is 0. The van der Waals surface area contributed by atoms with E-state index >= 15 is 0 Å². The van der Waals surface area contributed by atoms with E-state index < -0.39 is 36.4 Å². The number of hydrogen-bond acceptors (Lipinski definition) is 8. The molecule has 2 aliphatic heterocycles. The van der Waals surface area contributed by atoms with Crippen molar-refractivity contribution in [3.63, 3.8) is 0 Å². The minimum atomic E-state index is -5.08. The summed E-state index contributed by atoms with van der Waals surface area (Å²) in [6, 6.07) is 10.8. The lowest BCUT2D eigenvalue weighted by Crippen LogP contribution is -2.36. The third kappa shape index (κ3) is 14.8. The summed E-state index contributed by atoms with van der Waals surface area (Å²) in [5.74, 6) is -8.27. The Morgan fingerprint density at radius 2 is 1.39 bits per heavy atom. The number of aliphatic carboxylic acids is 3. The molecule has 4 heterocycles. The lowest BCUT2D eigenvalue weighted by Gasteiger charge is -2.26. The second kappa shape index (κ2) is 17.0. The highest BCUT2D eigenvalue weighted by Gasteiger charge is 2.46. The standard InChI is InChI=1S/C20H26N4O.3C2HF3O2/c1-23(14-18-4-2-3-8-22-18)19-12-20(25-15-19)7-11-24(16-20)13-17-5-9-21-10-6-17;3*3-2(4,5)1(6)7/h2-6,8-10,19H,7,11-16H2,1H3;3*(H,6,7). The lowest BCUT2D eigenvalue weighted by atomic mass is 9.96. The van der Waals surface area contributed by atoms with E-state index in [0.29, 0.717) is 6.04 Å². The van der Waals surface area contributed by atoms with Crippen molar-refractivity contribution in [1.29, 1.82) is 0 Å². The molecule has 1 spiro atoms. The monoisotopic (exact) mass is 680 g/mol. The first kappa shape index (κ1) is 40.0. The van der Waals surface area contributed by atoms with Gasteiger partial charge in [-0.15, -0.1) is 0 Å². The smallest absolute Gasteiger partial charge is 0.475 e. The van der Waals surface area contributed by atoms with E-state index in [1.165, 1.54) is 5.56 Å². The zero-order chi connectivity index (χ0) is 35.3. The molecule has 258 valence electrons. The summed E-state index contributed by atoms with van der Waals surface area (Å²) in [6.07, 6.45) is -7.40. The fourth-order valence-corrected chi connectivity index (χ4v) is 4.07. The van der Waals surface area contributed by atoms with Gasteiger partial charge in [0.25, 0.3) is 0 Å². The maximum atomic E-state index is 10.6. The van der Waals surface area contributed by atoms with Gasteiger partial charge in [0, 0.05) is 50.8 Å². The van der Waals surface area contributed by atoms with E-state index in [1.807, 2.05) is 24.7 Å². The molecule has 0 aromatic carbocycles. The van der Waals surface area contributed by atoms with Gasteiger partial charge in [-0.3, -0.25) is 19.8 Å². The van der Waals surface area contributed by atoms with Crippen molar-refractivity contribution >= 4 is 17.9 Å². The number of aromatic nitrogens is 2. The number of ether oxygens (including phenoxy) is 1. The van der Waals surface area contributed by atoms with Crippen LogP contribution in [0.1, 0.15) is 24.1 Å². The predicted octanol–water partition coefficient (Wildman–Crippen LogP) is 4.24. The molecule has 4 rings (SSSR count). The molecule has 0 amide bonds. The van der Waals surface area contributed by atoms with E-state index in [1.54, 1.807) is 0 Å². The molecular formula is C26H29F9N4O7. The summed E-state index contributed by atoms with van der Waals surface area (Å²) < 4.78 is 102. The summed E-state index contributed by atoms with van der Waals surface area (Å²) in [7, 11) is 2.19. The fourth-order valence-electron chi connectivity index (χ4n) is 4.07. The van der Waals surface area contributed by atoms with Gasteiger partial charge in [0.05, 0.1) is 17.9 Å². The molecule has 2 atom stereocenters. The van der Waals surface area contributed by atoms with Crippen LogP contribution in [0.5, 0.6) is 0 Å². The zero-order valence-electron chi connectivity index (χ0n) is 23.8. The first-order valence-corrected chi connectivity index (χ1v) is 12.8. The number of carboxylic acids is 3. The second-order valence-corrected chi connectivity index (χ2v) is 9.81.